The van der Waals surface area contributed by atoms with Crippen LogP contribution in [-0.2, 0) is 0 Å². The van der Waals surface area contributed by atoms with Crippen molar-refractivity contribution in [1.29, 1.82) is 0 Å². The molecule has 4 rings (SSSR count). The smallest absolute Gasteiger partial charge is 0.406 e. The maximum absolute atomic E-state index is 12.1. The summed E-state index contributed by atoms with van der Waals surface area (Å²) in [5.41, 5.74) is 3.95. The Morgan fingerprint density at radius 1 is 1.24 bits per heavy atom. The Bertz CT molecular complexity index is 1040. The molecule has 8 nitrogen and oxygen atoms in total. The van der Waals surface area contributed by atoms with E-state index in [1.807, 2.05) is 17.5 Å². The predicted molar refractivity (Wildman–Crippen MR) is 93.0 cm³/mol. The monoisotopic (exact) mass is 352 g/mol. The van der Waals surface area contributed by atoms with E-state index in [1.54, 1.807) is 36.4 Å². The molecule has 4 heterocycles. The number of rotatable bonds is 3. The third kappa shape index (κ3) is 3.04. The van der Waals surface area contributed by atoms with Crippen LogP contribution in [0.15, 0.2) is 48.5 Å². The van der Waals surface area contributed by atoms with Gasteiger partial charge in [0.25, 0.3) is 0 Å². The van der Waals surface area contributed by atoms with E-state index in [9.17, 15) is 4.79 Å². The minimum atomic E-state index is -0.643. The molecule has 0 aromatic carbocycles. The van der Waals surface area contributed by atoms with Crippen molar-refractivity contribution in [2.75, 3.05) is 5.43 Å². The number of fused-ring (bicyclic) bond motifs is 1. The van der Waals surface area contributed by atoms with Crippen LogP contribution in [0.25, 0.3) is 21.7 Å². The zero-order chi connectivity index (χ0) is 17.2. The summed E-state index contributed by atoms with van der Waals surface area (Å²) in [6, 6.07) is 3.72. The van der Waals surface area contributed by atoms with Crippen LogP contribution >= 0.6 is 11.3 Å². The SMILES string of the molecule is Cc1nc(-c2nccs2)ncc1OC(=O)Nn1ccc2ccncc21. The molecular weight excluding hydrogens is 340 g/mol. The van der Waals surface area contributed by atoms with Gasteiger partial charge in [0, 0.05) is 29.4 Å². The van der Waals surface area contributed by atoms with Crippen molar-refractivity contribution >= 4 is 28.3 Å². The van der Waals surface area contributed by atoms with Crippen molar-refractivity contribution in [3.8, 4) is 16.6 Å². The van der Waals surface area contributed by atoms with Crippen molar-refractivity contribution in [3.63, 3.8) is 0 Å². The lowest BCUT2D eigenvalue weighted by Crippen LogP contribution is -2.25. The van der Waals surface area contributed by atoms with Crippen LogP contribution in [0.3, 0.4) is 0 Å². The average Bonchev–Trinajstić information content (AvgIpc) is 3.27. The maximum Gasteiger partial charge on any atom is 0.432 e. The highest BCUT2D eigenvalue weighted by atomic mass is 32.1. The third-order valence-corrected chi connectivity index (χ3v) is 4.24. The molecule has 0 unspecified atom stereocenters. The number of nitrogens with one attached hydrogen (secondary N) is 1. The van der Waals surface area contributed by atoms with Gasteiger partial charge in [0.2, 0.25) is 0 Å². The van der Waals surface area contributed by atoms with Crippen LogP contribution in [0, 0.1) is 6.92 Å². The summed E-state index contributed by atoms with van der Waals surface area (Å²) >= 11 is 1.44. The van der Waals surface area contributed by atoms with E-state index in [0.717, 1.165) is 10.9 Å². The number of amides is 1. The van der Waals surface area contributed by atoms with Gasteiger partial charge in [0.05, 0.1) is 23.6 Å². The first-order valence-corrected chi connectivity index (χ1v) is 8.22. The number of hydrogen-bond acceptors (Lipinski definition) is 7. The van der Waals surface area contributed by atoms with E-state index in [4.69, 9.17) is 4.74 Å². The van der Waals surface area contributed by atoms with Gasteiger partial charge in [-0.05, 0) is 19.1 Å². The summed E-state index contributed by atoms with van der Waals surface area (Å²) in [6.45, 7) is 1.75. The molecule has 0 aliphatic rings. The standard InChI is InChI=1S/C16H12N6O2S/c1-10-13(9-19-14(20-10)15-18-5-7-25-15)24-16(23)21-22-6-3-11-2-4-17-8-12(11)22/h2-9H,1H3,(H,21,23). The fourth-order valence-corrected chi connectivity index (χ4v) is 2.86. The van der Waals surface area contributed by atoms with E-state index < -0.39 is 6.09 Å². The number of thiazole rings is 1. The summed E-state index contributed by atoms with van der Waals surface area (Å²) in [4.78, 5) is 28.9. The van der Waals surface area contributed by atoms with Gasteiger partial charge in [-0.15, -0.1) is 11.3 Å². The summed E-state index contributed by atoms with van der Waals surface area (Å²) in [5, 5.41) is 3.52. The molecule has 0 saturated heterocycles. The largest absolute Gasteiger partial charge is 0.432 e. The van der Waals surface area contributed by atoms with Gasteiger partial charge in [-0.2, -0.15) is 0 Å². The fourth-order valence-electron chi connectivity index (χ4n) is 2.29. The molecule has 4 aromatic heterocycles. The van der Waals surface area contributed by atoms with Crippen LogP contribution in [0.5, 0.6) is 5.75 Å². The van der Waals surface area contributed by atoms with Crippen LogP contribution < -0.4 is 10.2 Å². The third-order valence-electron chi connectivity index (χ3n) is 3.47. The van der Waals surface area contributed by atoms with E-state index in [2.05, 4.69) is 25.4 Å². The Morgan fingerprint density at radius 3 is 2.96 bits per heavy atom. The zero-order valence-corrected chi connectivity index (χ0v) is 13.9. The molecule has 124 valence electrons. The maximum atomic E-state index is 12.1. The number of pyridine rings is 1. The molecule has 0 spiro atoms. The second-order valence-electron chi connectivity index (χ2n) is 5.10. The van der Waals surface area contributed by atoms with Crippen molar-refractivity contribution in [1.82, 2.24) is 24.6 Å². The van der Waals surface area contributed by atoms with Crippen molar-refractivity contribution in [2.24, 2.45) is 0 Å². The minimum Gasteiger partial charge on any atom is -0.406 e. The second kappa shape index (κ2) is 6.29. The average molecular weight is 352 g/mol. The summed E-state index contributed by atoms with van der Waals surface area (Å²) in [7, 11) is 0. The van der Waals surface area contributed by atoms with Gasteiger partial charge < -0.3 is 4.74 Å². The van der Waals surface area contributed by atoms with Gasteiger partial charge in [0.1, 0.15) is 0 Å². The molecule has 0 atom stereocenters. The number of carbonyl (C=O) groups excluding carboxylic acids is 1. The molecule has 1 amide bonds. The highest BCUT2D eigenvalue weighted by molar-refractivity contribution is 7.12. The molecule has 0 bridgehead atoms. The molecule has 0 saturated carbocycles. The number of nitrogens with zero attached hydrogens (tertiary/aromatic N) is 5. The quantitative estimate of drug-likeness (QED) is 0.609. The summed E-state index contributed by atoms with van der Waals surface area (Å²) in [5.74, 6) is 0.787. The van der Waals surface area contributed by atoms with Gasteiger partial charge in [-0.1, -0.05) is 0 Å². The Labute approximate surface area is 146 Å². The lowest BCUT2D eigenvalue weighted by molar-refractivity contribution is 0.211. The molecule has 1 N–H and O–H groups in total. The number of aryl methyl sites for hydroxylation is 1. The lowest BCUT2D eigenvalue weighted by atomic mass is 10.3. The molecule has 9 heteroatoms. The summed E-state index contributed by atoms with van der Waals surface area (Å²) < 4.78 is 6.85. The zero-order valence-electron chi connectivity index (χ0n) is 13.1. The fraction of sp³-hybridized carbons (Fsp3) is 0.0625. The van der Waals surface area contributed by atoms with Gasteiger partial charge in [-0.25, -0.2) is 25.2 Å². The first-order valence-electron chi connectivity index (χ1n) is 7.34. The Kier molecular flexibility index (Phi) is 3.82. The predicted octanol–water partition coefficient (Wildman–Crippen LogP) is 3.00. The first kappa shape index (κ1) is 15.2. The highest BCUT2D eigenvalue weighted by Crippen LogP contribution is 2.22. The van der Waals surface area contributed by atoms with Crippen molar-refractivity contribution in [2.45, 2.75) is 6.92 Å². The van der Waals surface area contributed by atoms with Crippen LogP contribution in [0.4, 0.5) is 4.79 Å². The minimum absolute atomic E-state index is 0.285. The van der Waals surface area contributed by atoms with Gasteiger partial charge in [-0.3, -0.25) is 9.66 Å². The first-order chi connectivity index (χ1) is 12.2. The van der Waals surface area contributed by atoms with E-state index in [-0.39, 0.29) is 5.75 Å². The Hall–Kier alpha value is -3.33. The molecule has 0 aliphatic heterocycles. The number of aromatic nitrogens is 5. The van der Waals surface area contributed by atoms with Crippen LogP contribution in [0.1, 0.15) is 5.69 Å². The number of carbonyl (C=O) groups is 1. The normalized spacial score (nSPS) is 10.8. The molecule has 25 heavy (non-hydrogen) atoms. The van der Waals surface area contributed by atoms with E-state index in [0.29, 0.717) is 16.5 Å². The van der Waals surface area contributed by atoms with Crippen LogP contribution in [0.2, 0.25) is 0 Å². The molecule has 0 fully saturated rings. The molecule has 4 aromatic rings. The molecular formula is C16H12N6O2S. The van der Waals surface area contributed by atoms with Gasteiger partial charge in [0.15, 0.2) is 16.6 Å². The second-order valence-corrected chi connectivity index (χ2v) is 6.00. The van der Waals surface area contributed by atoms with E-state index in [1.165, 1.54) is 17.5 Å². The molecule has 0 aliphatic carbocycles. The highest BCUT2D eigenvalue weighted by Gasteiger charge is 2.13. The number of ether oxygens (including phenoxy) is 1. The number of hydrogen-bond donors (Lipinski definition) is 1. The lowest BCUT2D eigenvalue weighted by Gasteiger charge is -2.10. The Morgan fingerprint density at radius 2 is 2.16 bits per heavy atom. The topological polar surface area (TPSA) is 94.8 Å². The van der Waals surface area contributed by atoms with Crippen molar-refractivity contribution < 1.29 is 9.53 Å². The summed E-state index contributed by atoms with van der Waals surface area (Å²) in [6.07, 6.45) is 7.58. The van der Waals surface area contributed by atoms with Crippen LogP contribution in [-0.4, -0.2) is 30.7 Å². The van der Waals surface area contributed by atoms with Gasteiger partial charge >= 0.3 is 6.09 Å². The molecule has 0 radical (unpaired) electrons. The Balaban J connectivity index is 1.51. The van der Waals surface area contributed by atoms with Crippen molar-refractivity contribution in [3.05, 3.63) is 54.2 Å². The van der Waals surface area contributed by atoms with E-state index >= 15 is 0 Å².